The summed E-state index contributed by atoms with van der Waals surface area (Å²) in [6, 6.07) is 0. The molecule has 22 valence electrons. The fourth-order valence-electron chi connectivity index (χ4n) is 0. The van der Waals surface area contributed by atoms with Crippen molar-refractivity contribution < 1.29 is 22.3 Å². The van der Waals surface area contributed by atoms with Gasteiger partial charge in [0, 0.05) is 19.5 Å². The largest absolute Gasteiger partial charge is 0 e. The Balaban J connectivity index is -0.00000000500. The molecule has 4 heteroatoms. The van der Waals surface area contributed by atoms with Gasteiger partial charge < -0.3 is 0 Å². The van der Waals surface area contributed by atoms with Gasteiger partial charge in [0.25, 0.3) is 0 Å². The van der Waals surface area contributed by atoms with Crippen LogP contribution in [0.2, 0.25) is 0 Å². The second kappa shape index (κ2) is 19.3. The minimum Gasteiger partial charge on any atom is 0 e. The van der Waals surface area contributed by atoms with Crippen molar-refractivity contribution in [3.63, 3.8) is 0 Å². The third-order valence-corrected chi connectivity index (χ3v) is 0. The molecule has 0 atom stereocenters. The average Bonchev–Trinajstić information content (AvgIpc) is 1.00. The van der Waals surface area contributed by atoms with Crippen LogP contribution in [0.5, 0.6) is 0 Å². The van der Waals surface area contributed by atoms with E-state index in [-0.39, 0.29) is 68.6 Å². The van der Waals surface area contributed by atoms with Crippen molar-refractivity contribution in [1.82, 2.24) is 0 Å². The van der Waals surface area contributed by atoms with Crippen LogP contribution in [0.1, 0.15) is 0 Å². The summed E-state index contributed by atoms with van der Waals surface area (Å²) in [5.41, 5.74) is 0. The SMILES string of the molecule is [O]=[BiH].[SbH3].[Zn]. The van der Waals surface area contributed by atoms with Gasteiger partial charge in [-0.2, -0.15) is 0 Å². The Labute approximate surface area is 70.4 Å². The van der Waals surface area contributed by atoms with Gasteiger partial charge in [-0.3, -0.25) is 0 Å². The van der Waals surface area contributed by atoms with Crippen molar-refractivity contribution in [3.8, 4) is 0 Å². The summed E-state index contributed by atoms with van der Waals surface area (Å²) >= 11 is 0.0556. The van der Waals surface area contributed by atoms with E-state index in [1.807, 2.05) is 0 Å². The van der Waals surface area contributed by atoms with Crippen LogP contribution in [-0.4, -0.2) is 49.2 Å². The molecule has 0 fully saturated rings. The van der Waals surface area contributed by atoms with Crippen molar-refractivity contribution in [1.29, 1.82) is 0 Å². The zero-order chi connectivity index (χ0) is 2.00. The van der Waals surface area contributed by atoms with Crippen molar-refractivity contribution in [2.24, 2.45) is 0 Å². The summed E-state index contributed by atoms with van der Waals surface area (Å²) in [5, 5.41) is 0. The van der Waals surface area contributed by atoms with Crippen molar-refractivity contribution in [2.45, 2.75) is 0 Å². The van der Waals surface area contributed by atoms with Crippen LogP contribution in [0, 0.1) is 0 Å². The van der Waals surface area contributed by atoms with Crippen molar-refractivity contribution >= 4 is 49.2 Å². The third kappa shape index (κ3) is 8.92. The van der Waals surface area contributed by atoms with E-state index in [0.717, 1.165) is 0 Å². The summed E-state index contributed by atoms with van der Waals surface area (Å²) in [5.74, 6) is 0. The average molecular weight is 416 g/mol. The van der Waals surface area contributed by atoms with Gasteiger partial charge in [-0.25, -0.2) is 0 Å². The van der Waals surface area contributed by atoms with Gasteiger partial charge in [0.1, 0.15) is 0 Å². The van der Waals surface area contributed by atoms with Gasteiger partial charge in [0.05, 0.1) is 0 Å². The van der Waals surface area contributed by atoms with Crippen LogP contribution in [0.25, 0.3) is 0 Å². The number of hydrogen-bond donors (Lipinski definition) is 0. The van der Waals surface area contributed by atoms with Gasteiger partial charge in [-0.15, -0.1) is 0 Å². The van der Waals surface area contributed by atoms with Crippen LogP contribution < -0.4 is 0 Å². The summed E-state index contributed by atoms with van der Waals surface area (Å²) in [4.78, 5) is 0. The van der Waals surface area contributed by atoms with E-state index in [4.69, 9.17) is 2.81 Å². The van der Waals surface area contributed by atoms with Crippen LogP contribution in [0.3, 0.4) is 0 Å². The van der Waals surface area contributed by atoms with Gasteiger partial charge in [-0.05, 0) is 0 Å². The molecule has 0 aliphatic carbocycles. The first-order valence-electron chi connectivity index (χ1n) is 0.204. The maximum atomic E-state index is 8.39. The van der Waals surface area contributed by atoms with Crippen LogP contribution in [-0.2, 0) is 22.3 Å². The van der Waals surface area contributed by atoms with E-state index in [9.17, 15) is 0 Å². The molecule has 1 nitrogen and oxygen atoms in total. The molecule has 0 heterocycles. The zero-order valence-electron chi connectivity index (χ0n) is 2.32. The van der Waals surface area contributed by atoms with Gasteiger partial charge in [-0.1, -0.05) is 0 Å². The predicted molar refractivity (Wildman–Crippen MR) is 17.8 cm³/mol. The fraction of sp³-hybridized carbons (Fsp3) is 0. The standard InChI is InChI=1S/Bi.O.Sb.Zn.4H. The zero-order valence-corrected chi connectivity index (χ0v) is 13.2. The van der Waals surface area contributed by atoms with Crippen LogP contribution in [0.4, 0.5) is 0 Å². The first-order valence-corrected chi connectivity index (χ1v) is 1.79. The molecule has 0 radical (unpaired) electrons. The first-order chi connectivity index (χ1) is 1.00. The molecule has 0 aliphatic rings. The molecule has 0 bridgehead atoms. The van der Waals surface area contributed by atoms with Crippen LogP contribution >= 0.6 is 0 Å². The maximum Gasteiger partial charge on any atom is 0 e. The molecule has 0 saturated carbocycles. The van der Waals surface area contributed by atoms with Crippen molar-refractivity contribution in [3.05, 3.63) is 0 Å². The molecule has 0 amide bonds. The summed E-state index contributed by atoms with van der Waals surface area (Å²) < 4.78 is 8.39. The van der Waals surface area contributed by atoms with E-state index in [1.165, 1.54) is 0 Å². The second-order valence-corrected chi connectivity index (χ2v) is 0. The molecular weight excluding hydrogens is 412 g/mol. The molecule has 0 aliphatic heterocycles. The fourth-order valence-corrected chi connectivity index (χ4v) is 0. The molecule has 0 spiro atoms. The predicted octanol–water partition coefficient (Wildman–Crippen LogP) is -1.95. The van der Waals surface area contributed by atoms with E-state index in [2.05, 4.69) is 0 Å². The van der Waals surface area contributed by atoms with E-state index in [1.54, 1.807) is 0 Å². The van der Waals surface area contributed by atoms with Crippen molar-refractivity contribution in [2.75, 3.05) is 0 Å². The molecule has 0 aromatic rings. The minimum atomic E-state index is 0. The first kappa shape index (κ1) is 16.5. The van der Waals surface area contributed by atoms with E-state index >= 15 is 0 Å². The minimum absolute atomic E-state index is 0. The third-order valence-electron chi connectivity index (χ3n) is 0. The summed E-state index contributed by atoms with van der Waals surface area (Å²) in [6.07, 6.45) is 0. The van der Waals surface area contributed by atoms with Gasteiger partial charge >= 0.3 is 52.0 Å². The Morgan fingerprint density at radius 3 is 1.25 bits per heavy atom. The maximum absolute atomic E-state index is 8.39. The Bertz CT molecular complexity index is 8.00. The van der Waals surface area contributed by atoms with Gasteiger partial charge in [0.15, 0.2) is 0 Å². The normalized spacial score (nSPS) is 1.00. The molecule has 0 N–H and O–H groups in total. The Hall–Kier alpha value is 2.12. The van der Waals surface area contributed by atoms with Gasteiger partial charge in [0.2, 0.25) is 0 Å². The summed E-state index contributed by atoms with van der Waals surface area (Å²) in [7, 11) is 0. The molecule has 0 aromatic carbocycles. The van der Waals surface area contributed by atoms with E-state index in [0.29, 0.717) is 0 Å². The molecular formula is H4BiOSbZn. The second-order valence-electron chi connectivity index (χ2n) is 0. The summed E-state index contributed by atoms with van der Waals surface area (Å²) in [6.45, 7) is 0. The Morgan fingerprint density at radius 1 is 1.25 bits per heavy atom. The molecule has 0 aromatic heterocycles. The molecule has 0 saturated heterocycles. The molecule has 0 unspecified atom stereocenters. The number of hydrogen-bond acceptors (Lipinski definition) is 1. The monoisotopic (exact) mass is 414 g/mol. The Morgan fingerprint density at radius 2 is 1.25 bits per heavy atom. The quantitative estimate of drug-likeness (QED) is 0.420. The smallest absolute Gasteiger partial charge is 0 e. The molecule has 4 heavy (non-hydrogen) atoms. The van der Waals surface area contributed by atoms with Crippen LogP contribution in [0.15, 0.2) is 0 Å². The number of rotatable bonds is 0. The Kier molecular flexibility index (Phi) is 79.5. The molecule has 0 rings (SSSR count). The topological polar surface area (TPSA) is 17.1 Å². The van der Waals surface area contributed by atoms with E-state index < -0.39 is 0 Å².